The average Bonchev–Trinajstić information content (AvgIpc) is 2.13. The molecule has 0 fully saturated rings. The molecule has 0 unspecified atom stereocenters. The highest BCUT2D eigenvalue weighted by Gasteiger charge is 2.40. The van der Waals surface area contributed by atoms with Gasteiger partial charge in [0.25, 0.3) is 6.04 Å². The summed E-state index contributed by atoms with van der Waals surface area (Å²) in [5.74, 6) is 0. The maximum atomic E-state index is 11.0. The summed E-state index contributed by atoms with van der Waals surface area (Å²) in [5.41, 5.74) is 0.853. The fraction of sp³-hybridized carbons (Fsp3) is 0.846. The fourth-order valence-electron chi connectivity index (χ4n) is 1.25. The van der Waals surface area contributed by atoms with Gasteiger partial charge in [-0.15, -0.1) is 0 Å². The first kappa shape index (κ1) is 18.3. The molecule has 0 bridgehead atoms. The van der Waals surface area contributed by atoms with Gasteiger partial charge in [0.1, 0.15) is 12.7 Å². The molecular weight excluding hydrogens is 262 g/mol. The summed E-state index contributed by atoms with van der Waals surface area (Å²) in [6.07, 6.45) is 0.396. The van der Waals surface area contributed by atoms with Crippen LogP contribution in [0.3, 0.4) is 0 Å². The summed E-state index contributed by atoms with van der Waals surface area (Å²) < 4.78 is 5.83. The SMILES string of the molecule is CC(C)=C[C@H](O)[C@@H](CO[Si](C)(C)C(C)(C)C)[N+](=O)[O-]. The van der Waals surface area contributed by atoms with E-state index in [1.54, 1.807) is 13.8 Å². The van der Waals surface area contributed by atoms with Gasteiger partial charge in [-0.05, 0) is 32.0 Å². The van der Waals surface area contributed by atoms with E-state index in [2.05, 4.69) is 20.8 Å². The van der Waals surface area contributed by atoms with Gasteiger partial charge in [0.15, 0.2) is 8.32 Å². The molecule has 0 aromatic carbocycles. The van der Waals surface area contributed by atoms with Crippen molar-refractivity contribution in [3.05, 3.63) is 21.8 Å². The predicted octanol–water partition coefficient (Wildman–Crippen LogP) is 2.98. The van der Waals surface area contributed by atoms with Crippen molar-refractivity contribution in [2.24, 2.45) is 0 Å². The Labute approximate surface area is 116 Å². The normalized spacial score (nSPS) is 15.8. The monoisotopic (exact) mass is 289 g/mol. The second-order valence-corrected chi connectivity index (χ2v) is 11.5. The van der Waals surface area contributed by atoms with Gasteiger partial charge in [0.2, 0.25) is 0 Å². The number of rotatable bonds is 6. The summed E-state index contributed by atoms with van der Waals surface area (Å²) >= 11 is 0. The molecule has 0 spiro atoms. The van der Waals surface area contributed by atoms with Gasteiger partial charge in [0, 0.05) is 4.92 Å². The van der Waals surface area contributed by atoms with Crippen molar-refractivity contribution in [3.63, 3.8) is 0 Å². The molecule has 0 aliphatic carbocycles. The standard InChI is InChI=1S/C13H27NO4Si/c1-10(2)8-12(15)11(14(16)17)9-18-19(6,7)13(3,4)5/h8,11-12,15H,9H2,1-7H3/t11-,12+/m1/s1. The van der Waals surface area contributed by atoms with Crippen molar-refractivity contribution < 1.29 is 14.5 Å². The van der Waals surface area contributed by atoms with Crippen molar-refractivity contribution >= 4 is 8.32 Å². The molecule has 0 aromatic heterocycles. The molecular formula is C13H27NO4Si. The Bertz CT molecular complexity index is 343. The first-order chi connectivity index (χ1) is 8.38. The van der Waals surface area contributed by atoms with Crippen molar-refractivity contribution in [2.75, 3.05) is 6.61 Å². The lowest BCUT2D eigenvalue weighted by Gasteiger charge is -2.36. The second-order valence-electron chi connectivity index (χ2n) is 6.66. The first-order valence-corrected chi connectivity index (χ1v) is 9.40. The molecule has 0 saturated heterocycles. The smallest absolute Gasteiger partial charge is 0.263 e. The average molecular weight is 289 g/mol. The highest BCUT2D eigenvalue weighted by molar-refractivity contribution is 6.74. The molecule has 1 N–H and O–H groups in total. The Hall–Kier alpha value is -0.723. The predicted molar refractivity (Wildman–Crippen MR) is 79.4 cm³/mol. The molecule has 0 amide bonds. The van der Waals surface area contributed by atoms with E-state index in [1.807, 2.05) is 13.1 Å². The number of hydrogen-bond donors (Lipinski definition) is 1. The topological polar surface area (TPSA) is 72.6 Å². The van der Waals surface area contributed by atoms with Crippen molar-refractivity contribution in [1.82, 2.24) is 0 Å². The van der Waals surface area contributed by atoms with E-state index in [9.17, 15) is 15.2 Å². The molecule has 6 heteroatoms. The molecule has 19 heavy (non-hydrogen) atoms. The van der Waals surface area contributed by atoms with Crippen molar-refractivity contribution in [1.29, 1.82) is 0 Å². The Balaban J connectivity index is 4.81. The van der Waals surface area contributed by atoms with Gasteiger partial charge < -0.3 is 9.53 Å². The minimum Gasteiger partial charge on any atom is -0.410 e. The minimum absolute atomic E-state index is 0.00435. The first-order valence-electron chi connectivity index (χ1n) is 6.49. The lowest BCUT2D eigenvalue weighted by molar-refractivity contribution is -0.534. The lowest BCUT2D eigenvalue weighted by atomic mass is 10.1. The quantitative estimate of drug-likeness (QED) is 0.353. The molecule has 0 aromatic rings. The third kappa shape index (κ3) is 5.84. The van der Waals surface area contributed by atoms with Gasteiger partial charge in [-0.3, -0.25) is 10.1 Å². The van der Waals surface area contributed by atoms with Crippen LogP contribution >= 0.6 is 0 Å². The molecule has 0 rings (SSSR count). The number of aliphatic hydroxyl groups excluding tert-OH is 1. The van der Waals surface area contributed by atoms with Crippen LogP contribution in [0.4, 0.5) is 0 Å². The molecule has 0 saturated carbocycles. The Morgan fingerprint density at radius 1 is 1.42 bits per heavy atom. The van der Waals surface area contributed by atoms with Crippen LogP contribution in [0.15, 0.2) is 11.6 Å². The van der Waals surface area contributed by atoms with E-state index < -0.39 is 25.4 Å². The summed E-state index contributed by atoms with van der Waals surface area (Å²) in [6, 6.07) is -1.11. The zero-order valence-corrected chi connectivity index (χ0v) is 14.1. The van der Waals surface area contributed by atoms with Gasteiger partial charge in [0.05, 0.1) is 0 Å². The van der Waals surface area contributed by atoms with E-state index >= 15 is 0 Å². The molecule has 0 aliphatic heterocycles. The summed E-state index contributed by atoms with van der Waals surface area (Å²) in [4.78, 5) is 10.6. The number of aliphatic hydroxyl groups is 1. The van der Waals surface area contributed by atoms with Gasteiger partial charge in [-0.2, -0.15) is 0 Å². The van der Waals surface area contributed by atoms with Gasteiger partial charge >= 0.3 is 0 Å². The van der Waals surface area contributed by atoms with E-state index in [4.69, 9.17) is 4.43 Å². The Morgan fingerprint density at radius 3 is 2.21 bits per heavy atom. The molecule has 0 heterocycles. The van der Waals surface area contributed by atoms with E-state index in [1.165, 1.54) is 6.08 Å². The Morgan fingerprint density at radius 2 is 1.89 bits per heavy atom. The van der Waals surface area contributed by atoms with Crippen LogP contribution in [-0.2, 0) is 4.43 Å². The molecule has 5 nitrogen and oxygen atoms in total. The van der Waals surface area contributed by atoms with Crippen LogP contribution in [0.25, 0.3) is 0 Å². The number of nitrogens with zero attached hydrogens (tertiary/aromatic N) is 1. The highest BCUT2D eigenvalue weighted by Crippen LogP contribution is 2.36. The maximum absolute atomic E-state index is 11.0. The number of hydrogen-bond acceptors (Lipinski definition) is 4. The second kappa shape index (κ2) is 6.63. The van der Waals surface area contributed by atoms with Crippen LogP contribution in [-0.4, -0.2) is 37.1 Å². The van der Waals surface area contributed by atoms with Crippen LogP contribution in [0.5, 0.6) is 0 Å². The van der Waals surface area contributed by atoms with Crippen LogP contribution < -0.4 is 0 Å². The zero-order chi connectivity index (χ0) is 15.4. The minimum atomic E-state index is -2.04. The zero-order valence-electron chi connectivity index (χ0n) is 13.1. The molecule has 2 atom stereocenters. The Kier molecular flexibility index (Phi) is 6.38. The molecule has 0 aliphatic rings. The lowest BCUT2D eigenvalue weighted by Crippen LogP contribution is -2.46. The van der Waals surface area contributed by atoms with E-state index in [-0.39, 0.29) is 11.6 Å². The van der Waals surface area contributed by atoms with Gasteiger partial charge in [-0.1, -0.05) is 32.4 Å². The number of allylic oxidation sites excluding steroid dienone is 1. The third-order valence-electron chi connectivity index (χ3n) is 3.59. The maximum Gasteiger partial charge on any atom is 0.263 e. The van der Waals surface area contributed by atoms with Crippen LogP contribution in [0, 0.1) is 10.1 Å². The van der Waals surface area contributed by atoms with E-state index in [0.717, 1.165) is 5.57 Å². The fourth-order valence-corrected chi connectivity index (χ4v) is 2.27. The highest BCUT2D eigenvalue weighted by atomic mass is 28.4. The van der Waals surface area contributed by atoms with Crippen LogP contribution in [0.1, 0.15) is 34.6 Å². The van der Waals surface area contributed by atoms with Crippen molar-refractivity contribution in [2.45, 2.75) is 64.9 Å². The van der Waals surface area contributed by atoms with Gasteiger partial charge in [-0.25, -0.2) is 0 Å². The number of nitro groups is 1. The van der Waals surface area contributed by atoms with E-state index in [0.29, 0.717) is 0 Å². The largest absolute Gasteiger partial charge is 0.410 e. The third-order valence-corrected chi connectivity index (χ3v) is 8.09. The molecule has 112 valence electrons. The summed E-state index contributed by atoms with van der Waals surface area (Å²) in [5, 5.41) is 20.9. The van der Waals surface area contributed by atoms with Crippen molar-refractivity contribution in [3.8, 4) is 0 Å². The summed E-state index contributed by atoms with van der Waals surface area (Å²) in [6.45, 7) is 13.9. The summed E-state index contributed by atoms with van der Waals surface area (Å²) in [7, 11) is -2.04. The molecule has 0 radical (unpaired) electrons. The van der Waals surface area contributed by atoms with Crippen LogP contribution in [0.2, 0.25) is 18.1 Å².